The number of carbonyl (C=O) groups excluding carboxylic acids is 1. The first-order valence-corrected chi connectivity index (χ1v) is 6.64. The zero-order chi connectivity index (χ0) is 14.4. The topological polar surface area (TPSA) is 80.0 Å². The van der Waals surface area contributed by atoms with E-state index in [1.807, 2.05) is 19.9 Å². The van der Waals surface area contributed by atoms with Crippen molar-refractivity contribution in [1.29, 1.82) is 0 Å². The van der Waals surface area contributed by atoms with E-state index in [1.165, 1.54) is 0 Å². The Morgan fingerprint density at radius 1 is 1.25 bits per heavy atom. The molecule has 0 atom stereocenters. The van der Waals surface area contributed by atoms with Gasteiger partial charge in [-0.25, -0.2) is 9.97 Å². The molecule has 0 aliphatic rings. The molecule has 2 aromatic heterocycles. The summed E-state index contributed by atoms with van der Waals surface area (Å²) in [6.07, 6.45) is 4.10. The molecule has 1 amide bonds. The molecule has 2 heterocycles. The number of aryl methyl sites for hydroxylation is 1. The molecule has 0 spiro atoms. The number of amides is 1. The number of nitrogens with zero attached hydrogens (tertiary/aromatic N) is 2. The number of oxazole rings is 1. The fourth-order valence-electron chi connectivity index (χ4n) is 1.68. The van der Waals surface area contributed by atoms with Crippen molar-refractivity contribution in [1.82, 2.24) is 15.3 Å². The molecule has 0 aliphatic carbocycles. The number of hydrogen-bond acceptors (Lipinski definition) is 5. The molecule has 0 fully saturated rings. The highest BCUT2D eigenvalue weighted by atomic mass is 16.4. The van der Waals surface area contributed by atoms with Crippen molar-refractivity contribution in [3.63, 3.8) is 0 Å². The van der Waals surface area contributed by atoms with E-state index in [0.717, 1.165) is 24.4 Å². The van der Waals surface area contributed by atoms with Gasteiger partial charge in [-0.3, -0.25) is 4.79 Å². The predicted molar refractivity (Wildman–Crippen MR) is 75.5 cm³/mol. The second kappa shape index (κ2) is 6.70. The lowest BCUT2D eigenvalue weighted by molar-refractivity contribution is 0.0942. The van der Waals surface area contributed by atoms with E-state index in [1.54, 1.807) is 18.5 Å². The Balaban J connectivity index is 1.90. The third-order valence-corrected chi connectivity index (χ3v) is 2.73. The first-order valence-electron chi connectivity index (χ1n) is 6.64. The molecule has 6 nitrogen and oxygen atoms in total. The molecule has 2 N–H and O–H groups in total. The molecule has 0 aliphatic heterocycles. The number of aromatic nitrogens is 2. The van der Waals surface area contributed by atoms with E-state index >= 15 is 0 Å². The maximum absolute atomic E-state index is 11.9. The smallest absolute Gasteiger partial charge is 0.270 e. The minimum atomic E-state index is -0.246. The molecule has 0 saturated carbocycles. The molecule has 0 bridgehead atoms. The molecular formula is C14H18N4O2. The highest BCUT2D eigenvalue weighted by Gasteiger charge is 2.09. The van der Waals surface area contributed by atoms with Crippen LogP contribution in [0.15, 0.2) is 28.9 Å². The van der Waals surface area contributed by atoms with Gasteiger partial charge in [-0.1, -0.05) is 6.92 Å². The second-order valence-corrected chi connectivity index (χ2v) is 4.22. The summed E-state index contributed by atoms with van der Waals surface area (Å²) in [6, 6.07) is 3.51. The van der Waals surface area contributed by atoms with Gasteiger partial charge in [0.05, 0.1) is 24.6 Å². The fourth-order valence-corrected chi connectivity index (χ4v) is 1.68. The van der Waals surface area contributed by atoms with E-state index in [0.29, 0.717) is 11.6 Å². The van der Waals surface area contributed by atoms with Crippen LogP contribution in [-0.2, 0) is 13.0 Å². The maximum atomic E-state index is 11.9. The van der Waals surface area contributed by atoms with Crippen LogP contribution in [0.3, 0.4) is 0 Å². The van der Waals surface area contributed by atoms with Gasteiger partial charge < -0.3 is 15.1 Å². The summed E-state index contributed by atoms with van der Waals surface area (Å²) >= 11 is 0. The highest BCUT2D eigenvalue weighted by Crippen LogP contribution is 2.07. The summed E-state index contributed by atoms with van der Waals surface area (Å²) in [6.45, 7) is 5.06. The van der Waals surface area contributed by atoms with Crippen LogP contribution in [0.2, 0.25) is 0 Å². The van der Waals surface area contributed by atoms with Crippen LogP contribution >= 0.6 is 0 Å². The average molecular weight is 274 g/mol. The van der Waals surface area contributed by atoms with Crippen molar-refractivity contribution in [2.24, 2.45) is 0 Å². The number of nitrogens with one attached hydrogen (secondary N) is 2. The summed E-state index contributed by atoms with van der Waals surface area (Å²) in [5, 5.41) is 5.85. The Bertz CT molecular complexity index is 563. The minimum absolute atomic E-state index is 0.246. The van der Waals surface area contributed by atoms with Crippen LogP contribution in [0.25, 0.3) is 0 Å². The van der Waals surface area contributed by atoms with Crippen molar-refractivity contribution in [2.45, 2.75) is 26.8 Å². The van der Waals surface area contributed by atoms with Gasteiger partial charge in [0.25, 0.3) is 5.91 Å². The Labute approximate surface area is 117 Å². The molecule has 0 aromatic carbocycles. The Hall–Kier alpha value is -2.37. The van der Waals surface area contributed by atoms with Gasteiger partial charge in [-0.15, -0.1) is 0 Å². The van der Waals surface area contributed by atoms with Crippen LogP contribution in [0.4, 0.5) is 5.69 Å². The number of carbonyl (C=O) groups is 1. The molecule has 2 rings (SSSR count). The number of hydrogen-bond donors (Lipinski definition) is 2. The first kappa shape index (κ1) is 14.0. The van der Waals surface area contributed by atoms with Crippen LogP contribution in [0, 0.1) is 0 Å². The van der Waals surface area contributed by atoms with Crippen molar-refractivity contribution >= 4 is 11.6 Å². The fraction of sp³-hybridized carbons (Fsp3) is 0.357. The highest BCUT2D eigenvalue weighted by molar-refractivity contribution is 5.92. The lowest BCUT2D eigenvalue weighted by Gasteiger charge is -2.04. The molecule has 0 unspecified atom stereocenters. The van der Waals surface area contributed by atoms with Gasteiger partial charge in [-0.2, -0.15) is 0 Å². The van der Waals surface area contributed by atoms with Gasteiger partial charge in [0, 0.05) is 13.0 Å². The Morgan fingerprint density at radius 2 is 2.10 bits per heavy atom. The van der Waals surface area contributed by atoms with E-state index in [-0.39, 0.29) is 12.5 Å². The molecule has 106 valence electrons. The van der Waals surface area contributed by atoms with Crippen molar-refractivity contribution in [3.05, 3.63) is 41.9 Å². The quantitative estimate of drug-likeness (QED) is 0.842. The number of pyridine rings is 1. The van der Waals surface area contributed by atoms with Gasteiger partial charge in [0.2, 0.25) is 5.89 Å². The Kier molecular flexibility index (Phi) is 4.70. The van der Waals surface area contributed by atoms with E-state index in [2.05, 4.69) is 20.6 Å². The van der Waals surface area contributed by atoms with Gasteiger partial charge in [-0.05, 0) is 19.1 Å². The summed E-state index contributed by atoms with van der Waals surface area (Å²) in [4.78, 5) is 20.1. The molecular weight excluding hydrogens is 256 g/mol. The average Bonchev–Trinajstić information content (AvgIpc) is 2.94. The van der Waals surface area contributed by atoms with E-state index in [4.69, 9.17) is 4.42 Å². The van der Waals surface area contributed by atoms with Crippen LogP contribution in [-0.4, -0.2) is 22.4 Å². The number of rotatable bonds is 6. The lowest BCUT2D eigenvalue weighted by Crippen LogP contribution is -2.23. The zero-order valence-corrected chi connectivity index (χ0v) is 11.6. The molecule has 0 radical (unpaired) electrons. The van der Waals surface area contributed by atoms with Gasteiger partial charge in [0.1, 0.15) is 11.5 Å². The van der Waals surface area contributed by atoms with Gasteiger partial charge >= 0.3 is 0 Å². The third-order valence-electron chi connectivity index (χ3n) is 2.73. The Morgan fingerprint density at radius 3 is 2.70 bits per heavy atom. The van der Waals surface area contributed by atoms with Crippen LogP contribution in [0.5, 0.6) is 0 Å². The zero-order valence-electron chi connectivity index (χ0n) is 11.6. The summed E-state index contributed by atoms with van der Waals surface area (Å²) < 4.78 is 5.41. The van der Waals surface area contributed by atoms with Gasteiger partial charge in [0.15, 0.2) is 0 Å². The van der Waals surface area contributed by atoms with Crippen molar-refractivity contribution < 1.29 is 9.21 Å². The maximum Gasteiger partial charge on any atom is 0.270 e. The normalized spacial score (nSPS) is 10.3. The molecule has 2 aromatic rings. The standard InChI is InChI=1S/C14H18N4O2/c1-3-11-8-17-13(20-11)9-18-14(19)12-6-5-10(7-16-12)15-4-2/h5-8,15H,3-4,9H2,1-2H3,(H,18,19). The summed E-state index contributed by atoms with van der Waals surface area (Å²) in [7, 11) is 0. The monoisotopic (exact) mass is 274 g/mol. The SMILES string of the molecule is CCNc1ccc(C(=O)NCc2ncc(CC)o2)nc1. The third kappa shape index (κ3) is 3.57. The summed E-state index contributed by atoms with van der Waals surface area (Å²) in [5.41, 5.74) is 1.26. The van der Waals surface area contributed by atoms with Crippen molar-refractivity contribution in [3.8, 4) is 0 Å². The van der Waals surface area contributed by atoms with Crippen LogP contribution < -0.4 is 10.6 Å². The molecule has 0 saturated heterocycles. The molecule has 20 heavy (non-hydrogen) atoms. The molecule has 6 heteroatoms. The minimum Gasteiger partial charge on any atom is -0.444 e. The predicted octanol–water partition coefficient (Wildman–Crippen LogP) is 1.99. The van der Waals surface area contributed by atoms with Crippen molar-refractivity contribution in [2.75, 3.05) is 11.9 Å². The lowest BCUT2D eigenvalue weighted by atomic mass is 10.3. The van der Waals surface area contributed by atoms with E-state index in [9.17, 15) is 4.79 Å². The first-order chi connectivity index (χ1) is 9.72. The van der Waals surface area contributed by atoms with E-state index < -0.39 is 0 Å². The number of anilines is 1. The largest absolute Gasteiger partial charge is 0.444 e. The summed E-state index contributed by atoms with van der Waals surface area (Å²) in [5.74, 6) is 1.06. The van der Waals surface area contributed by atoms with Crippen LogP contribution in [0.1, 0.15) is 36.0 Å². The second-order valence-electron chi connectivity index (χ2n) is 4.22.